The second-order valence-corrected chi connectivity index (χ2v) is 2.78. The smallest absolute Gasteiger partial charge is 0.341 e. The van der Waals surface area contributed by atoms with Crippen LogP contribution in [-0.2, 0) is 4.84 Å². The lowest BCUT2D eigenvalue weighted by atomic mass is 10.2. The fourth-order valence-corrected chi connectivity index (χ4v) is 1.04. The van der Waals surface area contributed by atoms with Crippen molar-refractivity contribution in [1.29, 1.82) is 0 Å². The Hall–Kier alpha value is -2.11. The number of oxime groups is 1. The van der Waals surface area contributed by atoms with Crippen LogP contribution in [0.5, 0.6) is 0 Å². The quantitative estimate of drug-likeness (QED) is 0.559. The minimum atomic E-state index is -1.26. The van der Waals surface area contributed by atoms with Crippen molar-refractivity contribution < 1.29 is 14.7 Å². The van der Waals surface area contributed by atoms with E-state index in [2.05, 4.69) is 15.0 Å². The molecule has 0 aromatic carbocycles. The average molecular weight is 210 g/mol. The fraction of sp³-hybridized carbons (Fsp3) is 0.222. The number of aromatic nitrogens is 1. The van der Waals surface area contributed by atoms with Gasteiger partial charge >= 0.3 is 5.97 Å². The summed E-state index contributed by atoms with van der Waals surface area (Å²) in [6, 6.07) is 2.69. The predicted octanol–water partition coefficient (Wildman–Crippen LogP) is 0.444. The van der Waals surface area contributed by atoms with Crippen LogP contribution in [0.15, 0.2) is 22.1 Å². The number of rotatable bonds is 3. The molecule has 2 N–H and O–H groups in total. The standard InChI is InChI=1S/C9H10N2O4/c1-5(11-15-2)7-4-3-6(9(13)14)8(12)10-7/h3-4H,1-2H3,(H,10,12)(H,13,14)/b11-5-. The van der Waals surface area contributed by atoms with Crippen LogP contribution in [0.1, 0.15) is 23.0 Å². The molecule has 0 amide bonds. The molecule has 0 aliphatic rings. The van der Waals surface area contributed by atoms with Crippen molar-refractivity contribution in [3.8, 4) is 0 Å². The monoisotopic (exact) mass is 210 g/mol. The lowest BCUT2D eigenvalue weighted by Crippen LogP contribution is -2.19. The lowest BCUT2D eigenvalue weighted by Gasteiger charge is -2.00. The van der Waals surface area contributed by atoms with Gasteiger partial charge in [-0.25, -0.2) is 4.79 Å². The first kappa shape index (κ1) is 11.0. The van der Waals surface area contributed by atoms with E-state index in [9.17, 15) is 9.59 Å². The molecule has 80 valence electrons. The molecule has 15 heavy (non-hydrogen) atoms. The first-order valence-corrected chi connectivity index (χ1v) is 4.11. The highest BCUT2D eigenvalue weighted by Gasteiger charge is 2.09. The Balaban J connectivity index is 3.18. The molecule has 1 aromatic rings. The van der Waals surface area contributed by atoms with Gasteiger partial charge in [-0.3, -0.25) is 4.79 Å². The number of nitrogens with one attached hydrogen (secondary N) is 1. The normalized spacial score (nSPS) is 11.2. The molecule has 1 aromatic heterocycles. The molecule has 1 heterocycles. The van der Waals surface area contributed by atoms with Crippen molar-refractivity contribution in [1.82, 2.24) is 4.98 Å². The Morgan fingerprint density at radius 2 is 2.20 bits per heavy atom. The maximum Gasteiger partial charge on any atom is 0.341 e. The fourth-order valence-electron chi connectivity index (χ4n) is 1.04. The predicted molar refractivity (Wildman–Crippen MR) is 53.2 cm³/mol. The SMILES string of the molecule is CO/N=C(/C)c1ccc(C(=O)O)c(=O)[nH]1. The van der Waals surface area contributed by atoms with Crippen molar-refractivity contribution in [3.05, 3.63) is 33.7 Å². The third-order valence-electron chi connectivity index (χ3n) is 1.76. The van der Waals surface area contributed by atoms with Gasteiger partial charge in [0, 0.05) is 0 Å². The number of H-pyrrole nitrogens is 1. The summed E-state index contributed by atoms with van der Waals surface area (Å²) >= 11 is 0. The van der Waals surface area contributed by atoms with Gasteiger partial charge in [0.2, 0.25) is 0 Å². The summed E-state index contributed by atoms with van der Waals surface area (Å²) in [4.78, 5) is 28.7. The average Bonchev–Trinajstić information content (AvgIpc) is 2.17. The summed E-state index contributed by atoms with van der Waals surface area (Å²) in [6.45, 7) is 1.63. The molecule has 0 fully saturated rings. The third-order valence-corrected chi connectivity index (χ3v) is 1.76. The highest BCUT2D eigenvalue weighted by molar-refractivity contribution is 5.97. The van der Waals surface area contributed by atoms with E-state index in [-0.39, 0.29) is 5.56 Å². The molecular weight excluding hydrogens is 200 g/mol. The number of carbonyl (C=O) groups is 1. The van der Waals surface area contributed by atoms with Crippen molar-refractivity contribution in [2.24, 2.45) is 5.16 Å². The van der Waals surface area contributed by atoms with Crippen LogP contribution in [0.25, 0.3) is 0 Å². The van der Waals surface area contributed by atoms with Crippen molar-refractivity contribution in [2.45, 2.75) is 6.92 Å². The molecule has 0 saturated carbocycles. The zero-order valence-electron chi connectivity index (χ0n) is 8.27. The Morgan fingerprint density at radius 1 is 1.53 bits per heavy atom. The first-order chi connectivity index (χ1) is 7.06. The maximum atomic E-state index is 11.3. The van der Waals surface area contributed by atoms with E-state index >= 15 is 0 Å². The number of hydrogen-bond acceptors (Lipinski definition) is 4. The Morgan fingerprint density at radius 3 is 2.67 bits per heavy atom. The first-order valence-electron chi connectivity index (χ1n) is 4.11. The lowest BCUT2D eigenvalue weighted by molar-refractivity contribution is 0.0695. The highest BCUT2D eigenvalue weighted by atomic mass is 16.6. The van der Waals surface area contributed by atoms with Crippen LogP contribution in [0.3, 0.4) is 0 Å². The summed E-state index contributed by atoms with van der Waals surface area (Å²) in [6.07, 6.45) is 0. The van der Waals surface area contributed by atoms with Gasteiger partial charge in [0.1, 0.15) is 18.4 Å². The van der Waals surface area contributed by atoms with Gasteiger partial charge in [0.05, 0.1) is 5.69 Å². The van der Waals surface area contributed by atoms with E-state index < -0.39 is 11.5 Å². The van der Waals surface area contributed by atoms with E-state index in [1.54, 1.807) is 6.92 Å². The summed E-state index contributed by atoms with van der Waals surface area (Å²) in [5.41, 5.74) is -0.0759. The number of aromatic carboxylic acids is 1. The molecule has 0 unspecified atom stereocenters. The Labute approximate surface area is 85.2 Å². The van der Waals surface area contributed by atoms with Gasteiger partial charge in [-0.2, -0.15) is 0 Å². The minimum Gasteiger partial charge on any atom is -0.477 e. The number of pyridine rings is 1. The van der Waals surface area contributed by atoms with Gasteiger partial charge in [-0.15, -0.1) is 0 Å². The summed E-state index contributed by atoms with van der Waals surface area (Å²) in [5.74, 6) is -1.26. The van der Waals surface area contributed by atoms with Crippen LogP contribution in [0.4, 0.5) is 0 Å². The molecule has 6 nitrogen and oxygen atoms in total. The zero-order valence-corrected chi connectivity index (χ0v) is 8.27. The summed E-state index contributed by atoms with van der Waals surface area (Å²) < 4.78 is 0. The Kier molecular flexibility index (Phi) is 3.22. The second-order valence-electron chi connectivity index (χ2n) is 2.78. The molecule has 0 atom stereocenters. The van der Waals surface area contributed by atoms with Gasteiger partial charge in [-0.1, -0.05) is 5.16 Å². The van der Waals surface area contributed by atoms with Crippen molar-refractivity contribution in [3.63, 3.8) is 0 Å². The number of carboxylic acids is 1. The zero-order chi connectivity index (χ0) is 11.4. The Bertz CT molecular complexity index is 461. The van der Waals surface area contributed by atoms with Crippen molar-refractivity contribution in [2.75, 3.05) is 7.11 Å². The number of carboxylic acid groups (broad SMARTS) is 1. The molecule has 0 aliphatic heterocycles. The minimum absolute atomic E-state index is 0.302. The van der Waals surface area contributed by atoms with E-state index in [1.807, 2.05) is 0 Å². The molecular formula is C9H10N2O4. The largest absolute Gasteiger partial charge is 0.477 e. The van der Waals surface area contributed by atoms with Crippen LogP contribution < -0.4 is 5.56 Å². The van der Waals surface area contributed by atoms with E-state index in [0.29, 0.717) is 11.4 Å². The second kappa shape index (κ2) is 4.41. The van der Waals surface area contributed by atoms with E-state index in [1.165, 1.54) is 19.2 Å². The number of nitrogens with zero attached hydrogens (tertiary/aromatic N) is 1. The van der Waals surface area contributed by atoms with Crippen LogP contribution in [0, 0.1) is 0 Å². The van der Waals surface area contributed by atoms with Gasteiger partial charge < -0.3 is 14.9 Å². The van der Waals surface area contributed by atoms with Crippen LogP contribution in [-0.4, -0.2) is 28.9 Å². The molecule has 1 rings (SSSR count). The van der Waals surface area contributed by atoms with Gasteiger partial charge in [0.15, 0.2) is 0 Å². The topological polar surface area (TPSA) is 91.8 Å². The van der Waals surface area contributed by atoms with Crippen LogP contribution >= 0.6 is 0 Å². The number of hydrogen-bond donors (Lipinski definition) is 2. The molecule has 6 heteroatoms. The third kappa shape index (κ3) is 2.43. The summed E-state index contributed by atoms with van der Waals surface area (Å²) in [5, 5.41) is 12.2. The summed E-state index contributed by atoms with van der Waals surface area (Å²) in [7, 11) is 1.38. The highest BCUT2D eigenvalue weighted by Crippen LogP contribution is 1.97. The molecule has 0 radical (unpaired) electrons. The van der Waals surface area contributed by atoms with Crippen molar-refractivity contribution >= 4 is 11.7 Å². The van der Waals surface area contributed by atoms with E-state index in [4.69, 9.17) is 5.11 Å². The van der Waals surface area contributed by atoms with Crippen LogP contribution in [0.2, 0.25) is 0 Å². The molecule has 0 bridgehead atoms. The molecule has 0 aliphatic carbocycles. The maximum absolute atomic E-state index is 11.3. The van der Waals surface area contributed by atoms with E-state index in [0.717, 1.165) is 0 Å². The molecule has 0 spiro atoms. The molecule has 0 saturated heterocycles. The number of aromatic amines is 1. The van der Waals surface area contributed by atoms with Gasteiger partial charge in [-0.05, 0) is 19.1 Å². The van der Waals surface area contributed by atoms with Gasteiger partial charge in [0.25, 0.3) is 5.56 Å².